The Morgan fingerprint density at radius 1 is 1.00 bits per heavy atom. The van der Waals surface area contributed by atoms with E-state index in [1.165, 1.54) is 0 Å². The van der Waals surface area contributed by atoms with E-state index in [-0.39, 0.29) is 16.9 Å². The number of rotatable bonds is 2. The zero-order valence-electron chi connectivity index (χ0n) is 10.9. The molecule has 1 saturated heterocycles. The highest BCUT2D eigenvalue weighted by Crippen LogP contribution is 2.27. The lowest BCUT2D eigenvalue weighted by atomic mass is 10.0. The third kappa shape index (κ3) is 2.98. The summed E-state index contributed by atoms with van der Waals surface area (Å²) in [7, 11) is 0. The molecule has 21 heavy (non-hydrogen) atoms. The molecule has 1 aliphatic heterocycles. The molecular formula is C16H11NO3S. The van der Waals surface area contributed by atoms with Crippen LogP contribution in [0.15, 0.2) is 53.4 Å². The van der Waals surface area contributed by atoms with E-state index in [0.717, 1.165) is 28.5 Å². The van der Waals surface area contributed by atoms with Gasteiger partial charge in [-0.3, -0.25) is 14.9 Å². The summed E-state index contributed by atoms with van der Waals surface area (Å²) >= 11 is 0.900. The minimum absolute atomic E-state index is 0.219. The number of thioether (sulfide) groups is 1. The van der Waals surface area contributed by atoms with Gasteiger partial charge in [0.25, 0.3) is 11.1 Å². The molecule has 1 aliphatic rings. The van der Waals surface area contributed by atoms with E-state index in [9.17, 15) is 14.7 Å². The predicted octanol–water partition coefficient (Wildman–Crippen LogP) is 3.38. The summed E-state index contributed by atoms with van der Waals surface area (Å²) in [5, 5.41) is 11.4. The second kappa shape index (κ2) is 5.46. The Morgan fingerprint density at radius 2 is 1.76 bits per heavy atom. The average Bonchev–Trinajstić information content (AvgIpc) is 2.78. The van der Waals surface area contributed by atoms with Gasteiger partial charge in [0.1, 0.15) is 5.75 Å². The first kappa shape index (κ1) is 13.5. The molecule has 2 aromatic rings. The van der Waals surface area contributed by atoms with Crippen molar-refractivity contribution < 1.29 is 14.7 Å². The molecular weight excluding hydrogens is 286 g/mol. The monoisotopic (exact) mass is 297 g/mol. The minimum atomic E-state index is -0.359. The lowest BCUT2D eigenvalue weighted by Crippen LogP contribution is -2.17. The Balaban J connectivity index is 1.86. The molecule has 0 spiro atoms. The van der Waals surface area contributed by atoms with Crippen molar-refractivity contribution in [3.05, 3.63) is 59.0 Å². The second-order valence-corrected chi connectivity index (χ2v) is 5.54. The van der Waals surface area contributed by atoms with Crippen molar-refractivity contribution in [3.8, 4) is 16.9 Å². The molecule has 104 valence electrons. The van der Waals surface area contributed by atoms with E-state index < -0.39 is 0 Å². The van der Waals surface area contributed by atoms with Gasteiger partial charge in [0.15, 0.2) is 0 Å². The van der Waals surface area contributed by atoms with Crippen molar-refractivity contribution in [1.82, 2.24) is 5.32 Å². The Morgan fingerprint density at radius 3 is 2.38 bits per heavy atom. The predicted molar refractivity (Wildman–Crippen MR) is 82.6 cm³/mol. The van der Waals surface area contributed by atoms with Crippen LogP contribution in [-0.2, 0) is 4.79 Å². The molecule has 0 bridgehead atoms. The van der Waals surface area contributed by atoms with Crippen LogP contribution in [0.2, 0.25) is 0 Å². The number of imide groups is 1. The Kier molecular flexibility index (Phi) is 3.50. The lowest BCUT2D eigenvalue weighted by Gasteiger charge is -2.03. The van der Waals surface area contributed by atoms with E-state index in [0.29, 0.717) is 4.91 Å². The standard InChI is InChI=1S/C16H11NO3S/c18-13-3-1-2-12(9-13)11-6-4-10(5-7-11)8-14-15(19)17-16(20)21-14/h1-9,18H,(H,17,19,20). The molecule has 0 saturated carbocycles. The molecule has 4 nitrogen and oxygen atoms in total. The number of aromatic hydroxyl groups is 1. The van der Waals surface area contributed by atoms with Crippen molar-refractivity contribution >= 4 is 29.0 Å². The van der Waals surface area contributed by atoms with Crippen LogP contribution in [0.25, 0.3) is 17.2 Å². The Bertz CT molecular complexity index is 750. The first-order valence-corrected chi connectivity index (χ1v) is 7.08. The highest BCUT2D eigenvalue weighted by molar-refractivity contribution is 8.18. The lowest BCUT2D eigenvalue weighted by molar-refractivity contribution is -0.115. The van der Waals surface area contributed by atoms with E-state index in [2.05, 4.69) is 5.32 Å². The molecule has 0 aromatic heterocycles. The van der Waals surface area contributed by atoms with Crippen molar-refractivity contribution in [2.45, 2.75) is 0 Å². The van der Waals surface area contributed by atoms with Gasteiger partial charge in [-0.1, -0.05) is 36.4 Å². The SMILES string of the molecule is O=C1NC(=O)C(=Cc2ccc(-c3cccc(O)c3)cc2)S1. The summed E-state index contributed by atoms with van der Waals surface area (Å²) < 4.78 is 0. The number of hydrogen-bond acceptors (Lipinski definition) is 4. The topological polar surface area (TPSA) is 66.4 Å². The summed E-state index contributed by atoms with van der Waals surface area (Å²) in [5.74, 6) is -0.140. The molecule has 2 aromatic carbocycles. The third-order valence-corrected chi connectivity index (χ3v) is 3.84. The first-order chi connectivity index (χ1) is 10.1. The number of benzene rings is 2. The van der Waals surface area contributed by atoms with Crippen molar-refractivity contribution in [2.24, 2.45) is 0 Å². The molecule has 2 N–H and O–H groups in total. The summed E-state index contributed by atoms with van der Waals surface area (Å²) in [5.41, 5.74) is 2.72. The van der Waals surface area contributed by atoms with Gasteiger partial charge in [-0.2, -0.15) is 0 Å². The highest BCUT2D eigenvalue weighted by Gasteiger charge is 2.24. The van der Waals surface area contributed by atoms with Crippen molar-refractivity contribution in [2.75, 3.05) is 0 Å². The van der Waals surface area contributed by atoms with E-state index in [1.54, 1.807) is 24.3 Å². The van der Waals surface area contributed by atoms with Gasteiger partial charge in [0, 0.05) is 0 Å². The zero-order valence-corrected chi connectivity index (χ0v) is 11.7. The fraction of sp³-hybridized carbons (Fsp3) is 0. The molecule has 3 rings (SSSR count). The molecule has 1 heterocycles. The number of phenolic OH excluding ortho intramolecular Hbond substituents is 1. The zero-order chi connectivity index (χ0) is 14.8. The van der Waals surface area contributed by atoms with E-state index >= 15 is 0 Å². The number of nitrogens with one attached hydrogen (secondary N) is 1. The maximum absolute atomic E-state index is 11.5. The number of carbonyl (C=O) groups is 2. The quantitative estimate of drug-likeness (QED) is 0.834. The summed E-state index contributed by atoms with van der Waals surface area (Å²) in [6, 6.07) is 14.5. The van der Waals surface area contributed by atoms with Gasteiger partial charge in [0.05, 0.1) is 4.91 Å². The summed E-state index contributed by atoms with van der Waals surface area (Å²) in [4.78, 5) is 23.0. The highest BCUT2D eigenvalue weighted by atomic mass is 32.2. The fourth-order valence-electron chi connectivity index (χ4n) is 2.03. The largest absolute Gasteiger partial charge is 0.508 e. The molecule has 5 heteroatoms. The maximum Gasteiger partial charge on any atom is 0.290 e. The number of hydrogen-bond donors (Lipinski definition) is 2. The van der Waals surface area contributed by atoms with Crippen molar-refractivity contribution in [3.63, 3.8) is 0 Å². The molecule has 0 radical (unpaired) electrons. The van der Waals surface area contributed by atoms with Gasteiger partial charge in [-0.15, -0.1) is 0 Å². The van der Waals surface area contributed by atoms with Crippen LogP contribution in [0.4, 0.5) is 4.79 Å². The summed E-state index contributed by atoms with van der Waals surface area (Å²) in [6.07, 6.45) is 1.68. The van der Waals surface area contributed by atoms with Crippen LogP contribution < -0.4 is 5.32 Å². The number of phenols is 1. The van der Waals surface area contributed by atoms with Gasteiger partial charge >= 0.3 is 0 Å². The second-order valence-electron chi connectivity index (χ2n) is 4.52. The smallest absolute Gasteiger partial charge is 0.290 e. The van der Waals surface area contributed by atoms with Crippen molar-refractivity contribution in [1.29, 1.82) is 0 Å². The van der Waals surface area contributed by atoms with Crippen LogP contribution >= 0.6 is 11.8 Å². The number of amides is 2. The van der Waals surface area contributed by atoms with Crippen LogP contribution in [0.5, 0.6) is 5.75 Å². The number of carbonyl (C=O) groups excluding carboxylic acids is 2. The van der Waals surface area contributed by atoms with Crippen LogP contribution in [0.1, 0.15) is 5.56 Å². The minimum Gasteiger partial charge on any atom is -0.508 e. The first-order valence-electron chi connectivity index (χ1n) is 6.26. The molecule has 0 aliphatic carbocycles. The molecule has 1 fully saturated rings. The third-order valence-electron chi connectivity index (χ3n) is 3.03. The van der Waals surface area contributed by atoms with E-state index in [4.69, 9.17) is 0 Å². The molecule has 0 unspecified atom stereocenters. The maximum atomic E-state index is 11.5. The average molecular weight is 297 g/mol. The van der Waals surface area contributed by atoms with Gasteiger partial charge in [-0.05, 0) is 46.7 Å². The van der Waals surface area contributed by atoms with Crippen LogP contribution in [0.3, 0.4) is 0 Å². The Hall–Kier alpha value is -2.53. The van der Waals surface area contributed by atoms with Crippen LogP contribution in [0, 0.1) is 0 Å². The summed E-state index contributed by atoms with van der Waals surface area (Å²) in [6.45, 7) is 0. The van der Waals surface area contributed by atoms with Gasteiger partial charge < -0.3 is 5.11 Å². The Labute approximate surface area is 125 Å². The molecule has 0 atom stereocenters. The normalized spacial score (nSPS) is 16.3. The van der Waals surface area contributed by atoms with Gasteiger partial charge in [0.2, 0.25) is 0 Å². The molecule has 2 amide bonds. The fourth-order valence-corrected chi connectivity index (χ4v) is 2.71. The van der Waals surface area contributed by atoms with Gasteiger partial charge in [-0.25, -0.2) is 0 Å². The van der Waals surface area contributed by atoms with E-state index in [1.807, 2.05) is 30.3 Å². The van der Waals surface area contributed by atoms with Crippen LogP contribution in [-0.4, -0.2) is 16.3 Å².